The van der Waals surface area contributed by atoms with Gasteiger partial charge < -0.3 is 10.5 Å². The molecule has 0 aliphatic rings. The Morgan fingerprint density at radius 3 is 3.00 bits per heavy atom. The summed E-state index contributed by atoms with van der Waals surface area (Å²) < 4.78 is 17.8. The number of hydrogen-bond acceptors (Lipinski definition) is 4. The van der Waals surface area contributed by atoms with Crippen LogP contribution < -0.4 is 5.73 Å². The zero-order valence-corrected chi connectivity index (χ0v) is 8.44. The van der Waals surface area contributed by atoms with Crippen molar-refractivity contribution in [3.8, 4) is 0 Å². The Morgan fingerprint density at radius 2 is 2.47 bits per heavy atom. The molecule has 1 aromatic heterocycles. The molecule has 0 aliphatic heterocycles. The normalized spacial score (nSPS) is 12.2. The number of halogens is 1. The van der Waals surface area contributed by atoms with Crippen molar-refractivity contribution < 1.29 is 13.9 Å². The van der Waals surface area contributed by atoms with Gasteiger partial charge in [-0.2, -0.15) is 0 Å². The van der Waals surface area contributed by atoms with Crippen LogP contribution in [0.5, 0.6) is 0 Å². The third-order valence-corrected chi connectivity index (χ3v) is 2.17. The zero-order valence-electron chi connectivity index (χ0n) is 8.44. The summed E-state index contributed by atoms with van der Waals surface area (Å²) in [5.41, 5.74) is 5.88. The van der Waals surface area contributed by atoms with Crippen LogP contribution in [0.3, 0.4) is 0 Å². The summed E-state index contributed by atoms with van der Waals surface area (Å²) in [6.45, 7) is 0.191. The minimum atomic E-state index is -0.447. The Hall–Kier alpha value is -1.49. The quantitative estimate of drug-likeness (QED) is 0.750. The summed E-state index contributed by atoms with van der Waals surface area (Å²) >= 11 is 0. The molecule has 2 N–H and O–H groups in total. The van der Waals surface area contributed by atoms with Gasteiger partial charge in [-0.1, -0.05) is 0 Å². The van der Waals surface area contributed by atoms with Gasteiger partial charge >= 0.3 is 5.97 Å². The first-order valence-corrected chi connectivity index (χ1v) is 4.55. The summed E-state index contributed by atoms with van der Waals surface area (Å²) in [7, 11) is 1.29. The first-order chi connectivity index (χ1) is 7.19. The zero-order chi connectivity index (χ0) is 11.3. The monoisotopic (exact) mass is 212 g/mol. The van der Waals surface area contributed by atoms with Gasteiger partial charge in [0, 0.05) is 12.1 Å². The van der Waals surface area contributed by atoms with E-state index in [4.69, 9.17) is 5.73 Å². The number of rotatable bonds is 4. The lowest BCUT2D eigenvalue weighted by Crippen LogP contribution is -2.18. The van der Waals surface area contributed by atoms with Crippen LogP contribution in [-0.2, 0) is 9.53 Å². The molecule has 0 saturated carbocycles. The van der Waals surface area contributed by atoms with Gasteiger partial charge in [-0.15, -0.1) is 0 Å². The van der Waals surface area contributed by atoms with Crippen molar-refractivity contribution >= 4 is 5.97 Å². The highest BCUT2D eigenvalue weighted by atomic mass is 19.1. The Bertz CT molecular complexity index is 344. The number of hydrogen-bond donors (Lipinski definition) is 1. The van der Waals surface area contributed by atoms with Gasteiger partial charge in [-0.3, -0.25) is 9.78 Å². The molecule has 0 aromatic carbocycles. The van der Waals surface area contributed by atoms with Gasteiger partial charge in [0.15, 0.2) is 0 Å². The molecular weight excluding hydrogens is 199 g/mol. The lowest BCUT2D eigenvalue weighted by molar-refractivity contribution is -0.141. The molecule has 0 fully saturated rings. The van der Waals surface area contributed by atoms with Crippen LogP contribution >= 0.6 is 0 Å². The summed E-state index contributed by atoms with van der Waals surface area (Å²) in [5.74, 6) is -1.21. The van der Waals surface area contributed by atoms with E-state index in [1.165, 1.54) is 19.4 Å². The third-order valence-electron chi connectivity index (χ3n) is 2.17. The van der Waals surface area contributed by atoms with Crippen molar-refractivity contribution in [3.63, 3.8) is 0 Å². The second-order valence-corrected chi connectivity index (χ2v) is 3.11. The molecule has 1 unspecified atom stereocenters. The fourth-order valence-corrected chi connectivity index (χ4v) is 1.32. The standard InChI is InChI=1S/C10H13FN2O2/c1-15-10(14)4-7(5-12)8-2-3-13-6-9(8)11/h2-3,6-7H,4-5,12H2,1H3. The van der Waals surface area contributed by atoms with Crippen molar-refractivity contribution in [2.45, 2.75) is 12.3 Å². The predicted octanol–water partition coefficient (Wildman–Crippen LogP) is 0.826. The van der Waals surface area contributed by atoms with Crippen molar-refractivity contribution in [2.75, 3.05) is 13.7 Å². The van der Waals surface area contributed by atoms with Crippen molar-refractivity contribution in [3.05, 3.63) is 29.8 Å². The molecule has 0 amide bonds. The number of pyridine rings is 1. The first kappa shape index (κ1) is 11.6. The number of nitrogens with two attached hydrogens (primary N) is 1. The number of carbonyl (C=O) groups excluding carboxylic acids is 1. The van der Waals surface area contributed by atoms with Crippen LogP contribution in [0.15, 0.2) is 18.5 Å². The van der Waals surface area contributed by atoms with Gasteiger partial charge in [-0.25, -0.2) is 4.39 Å². The Labute approximate surface area is 87.3 Å². The summed E-state index contributed by atoms with van der Waals surface area (Å²) in [6, 6.07) is 1.52. The highest BCUT2D eigenvalue weighted by molar-refractivity contribution is 5.70. The maximum absolute atomic E-state index is 13.3. The summed E-state index contributed by atoms with van der Waals surface area (Å²) in [5, 5.41) is 0. The Morgan fingerprint density at radius 1 is 1.73 bits per heavy atom. The predicted molar refractivity (Wildman–Crippen MR) is 52.6 cm³/mol. The number of aromatic nitrogens is 1. The second-order valence-electron chi connectivity index (χ2n) is 3.11. The SMILES string of the molecule is COC(=O)CC(CN)c1ccncc1F. The number of ether oxygens (including phenoxy) is 1. The average molecular weight is 212 g/mol. The maximum atomic E-state index is 13.3. The molecule has 0 bridgehead atoms. The van der Waals surface area contributed by atoms with Crippen LogP contribution in [0.1, 0.15) is 17.9 Å². The van der Waals surface area contributed by atoms with Gasteiger partial charge in [0.2, 0.25) is 0 Å². The highest BCUT2D eigenvalue weighted by Crippen LogP contribution is 2.20. The van der Waals surface area contributed by atoms with E-state index in [1.807, 2.05) is 0 Å². The molecule has 0 radical (unpaired) electrons. The molecule has 5 heteroatoms. The molecule has 4 nitrogen and oxygen atoms in total. The molecule has 0 aliphatic carbocycles. The first-order valence-electron chi connectivity index (χ1n) is 4.55. The summed E-state index contributed by atoms with van der Waals surface area (Å²) in [4.78, 5) is 14.7. The van der Waals surface area contributed by atoms with E-state index in [2.05, 4.69) is 9.72 Å². The van der Waals surface area contributed by atoms with Gasteiger partial charge in [0.1, 0.15) is 5.82 Å². The average Bonchev–Trinajstić information content (AvgIpc) is 2.26. The fourth-order valence-electron chi connectivity index (χ4n) is 1.32. The fraction of sp³-hybridized carbons (Fsp3) is 0.400. The van der Waals surface area contributed by atoms with Crippen LogP contribution in [-0.4, -0.2) is 24.6 Å². The molecule has 1 heterocycles. The Balaban J connectivity index is 2.83. The van der Waals surface area contributed by atoms with Crippen LogP contribution in [0, 0.1) is 5.82 Å². The highest BCUT2D eigenvalue weighted by Gasteiger charge is 2.18. The minimum Gasteiger partial charge on any atom is -0.469 e. The van der Waals surface area contributed by atoms with E-state index in [9.17, 15) is 9.18 Å². The number of methoxy groups -OCH3 is 1. The van der Waals surface area contributed by atoms with Crippen molar-refractivity contribution in [1.29, 1.82) is 0 Å². The van der Waals surface area contributed by atoms with E-state index in [0.29, 0.717) is 5.56 Å². The third kappa shape index (κ3) is 2.99. The van der Waals surface area contributed by atoms with Crippen LogP contribution in [0.25, 0.3) is 0 Å². The van der Waals surface area contributed by atoms with E-state index in [-0.39, 0.29) is 18.9 Å². The minimum absolute atomic E-state index is 0.0773. The topological polar surface area (TPSA) is 65.2 Å². The molecule has 1 atom stereocenters. The van der Waals surface area contributed by atoms with Crippen LogP contribution in [0.4, 0.5) is 4.39 Å². The lowest BCUT2D eigenvalue weighted by Gasteiger charge is -2.13. The molecule has 1 aromatic rings. The van der Waals surface area contributed by atoms with E-state index < -0.39 is 11.8 Å². The van der Waals surface area contributed by atoms with Crippen LogP contribution in [0.2, 0.25) is 0 Å². The number of carbonyl (C=O) groups is 1. The second kappa shape index (κ2) is 5.41. The van der Waals surface area contributed by atoms with Gasteiger partial charge in [0.25, 0.3) is 0 Å². The molecule has 0 saturated heterocycles. The molecule has 15 heavy (non-hydrogen) atoms. The van der Waals surface area contributed by atoms with Gasteiger partial charge in [0.05, 0.1) is 19.7 Å². The summed E-state index contributed by atoms with van der Waals surface area (Å²) in [6.07, 6.45) is 2.65. The maximum Gasteiger partial charge on any atom is 0.306 e. The number of esters is 1. The number of nitrogens with zero attached hydrogens (tertiary/aromatic N) is 1. The van der Waals surface area contributed by atoms with E-state index >= 15 is 0 Å². The molecule has 82 valence electrons. The van der Waals surface area contributed by atoms with Crippen molar-refractivity contribution in [1.82, 2.24) is 4.98 Å². The molecule has 1 rings (SSSR count). The largest absolute Gasteiger partial charge is 0.469 e. The van der Waals surface area contributed by atoms with E-state index in [1.54, 1.807) is 0 Å². The Kier molecular flexibility index (Phi) is 4.17. The van der Waals surface area contributed by atoms with Crippen molar-refractivity contribution in [2.24, 2.45) is 5.73 Å². The smallest absolute Gasteiger partial charge is 0.306 e. The van der Waals surface area contributed by atoms with Gasteiger partial charge in [-0.05, 0) is 18.2 Å². The lowest BCUT2D eigenvalue weighted by atomic mass is 9.96. The molecular formula is C10H13FN2O2. The van der Waals surface area contributed by atoms with E-state index in [0.717, 1.165) is 6.20 Å². The molecule has 0 spiro atoms.